The van der Waals surface area contributed by atoms with Gasteiger partial charge in [-0.15, -0.1) is 0 Å². The van der Waals surface area contributed by atoms with E-state index in [-0.39, 0.29) is 12.5 Å². The number of carbonyl (C=O) groups excluding carboxylic acids is 1. The van der Waals surface area contributed by atoms with Crippen LogP contribution in [0.2, 0.25) is 0 Å². The molecule has 118 valence electrons. The van der Waals surface area contributed by atoms with Gasteiger partial charge in [0.15, 0.2) is 0 Å². The fourth-order valence-corrected chi connectivity index (χ4v) is 2.22. The molecule has 0 atom stereocenters. The Kier molecular flexibility index (Phi) is 5.55. The molecule has 0 spiro atoms. The highest BCUT2D eigenvalue weighted by atomic mass is 16.5. The SMILES string of the molecule is CCCN(CCO)C(=O)c1cc(-c2ccc(OC)cc2)n[nH]1. The summed E-state index contributed by atoms with van der Waals surface area (Å²) in [6.45, 7) is 2.87. The number of ether oxygens (including phenoxy) is 1. The fourth-order valence-electron chi connectivity index (χ4n) is 2.22. The Labute approximate surface area is 129 Å². The van der Waals surface area contributed by atoms with Gasteiger partial charge in [-0.05, 0) is 36.8 Å². The molecule has 6 nitrogen and oxygen atoms in total. The number of aliphatic hydroxyl groups is 1. The predicted molar refractivity (Wildman–Crippen MR) is 83.9 cm³/mol. The van der Waals surface area contributed by atoms with Gasteiger partial charge < -0.3 is 14.7 Å². The number of nitrogens with zero attached hydrogens (tertiary/aromatic N) is 2. The maximum absolute atomic E-state index is 12.4. The van der Waals surface area contributed by atoms with Crippen molar-refractivity contribution in [3.63, 3.8) is 0 Å². The zero-order valence-electron chi connectivity index (χ0n) is 12.9. The summed E-state index contributed by atoms with van der Waals surface area (Å²) in [4.78, 5) is 14.0. The van der Waals surface area contributed by atoms with Gasteiger partial charge in [0.05, 0.1) is 19.4 Å². The molecular weight excluding hydrogens is 282 g/mol. The predicted octanol–water partition coefficient (Wildman–Crippen LogP) is 1.93. The minimum atomic E-state index is -0.150. The lowest BCUT2D eigenvalue weighted by Crippen LogP contribution is -2.34. The summed E-state index contributed by atoms with van der Waals surface area (Å²) in [7, 11) is 1.61. The van der Waals surface area contributed by atoms with Gasteiger partial charge in [-0.2, -0.15) is 5.10 Å². The molecule has 2 aromatic rings. The molecule has 2 rings (SSSR count). The van der Waals surface area contributed by atoms with Crippen molar-refractivity contribution in [1.29, 1.82) is 0 Å². The zero-order valence-corrected chi connectivity index (χ0v) is 12.9. The molecule has 0 aliphatic heterocycles. The highest BCUT2D eigenvalue weighted by molar-refractivity contribution is 5.93. The van der Waals surface area contributed by atoms with E-state index in [1.807, 2.05) is 31.2 Å². The molecule has 0 aliphatic rings. The summed E-state index contributed by atoms with van der Waals surface area (Å²) in [5.41, 5.74) is 2.03. The van der Waals surface area contributed by atoms with Crippen LogP contribution in [0.5, 0.6) is 5.75 Å². The van der Waals surface area contributed by atoms with E-state index in [9.17, 15) is 4.79 Å². The minimum Gasteiger partial charge on any atom is -0.497 e. The maximum Gasteiger partial charge on any atom is 0.271 e. The molecule has 0 saturated carbocycles. The van der Waals surface area contributed by atoms with E-state index in [4.69, 9.17) is 9.84 Å². The molecule has 1 aromatic carbocycles. The van der Waals surface area contributed by atoms with Gasteiger partial charge in [0.1, 0.15) is 11.4 Å². The van der Waals surface area contributed by atoms with Crippen LogP contribution in [0, 0.1) is 0 Å². The van der Waals surface area contributed by atoms with E-state index in [0.29, 0.717) is 24.5 Å². The average molecular weight is 303 g/mol. The monoisotopic (exact) mass is 303 g/mol. The fraction of sp³-hybridized carbons (Fsp3) is 0.375. The van der Waals surface area contributed by atoms with Crippen molar-refractivity contribution in [3.8, 4) is 17.0 Å². The van der Waals surface area contributed by atoms with Crippen molar-refractivity contribution in [2.24, 2.45) is 0 Å². The van der Waals surface area contributed by atoms with Crippen LogP contribution in [0.1, 0.15) is 23.8 Å². The van der Waals surface area contributed by atoms with Crippen LogP contribution in [-0.4, -0.2) is 52.9 Å². The second-order valence-electron chi connectivity index (χ2n) is 4.91. The molecule has 0 aliphatic carbocycles. The van der Waals surface area contributed by atoms with Gasteiger partial charge in [0.25, 0.3) is 5.91 Å². The third-order valence-electron chi connectivity index (χ3n) is 3.34. The van der Waals surface area contributed by atoms with E-state index < -0.39 is 0 Å². The van der Waals surface area contributed by atoms with Gasteiger partial charge in [0, 0.05) is 18.7 Å². The number of aromatic amines is 1. The molecule has 0 bridgehead atoms. The van der Waals surface area contributed by atoms with Gasteiger partial charge in [-0.3, -0.25) is 9.89 Å². The summed E-state index contributed by atoms with van der Waals surface area (Å²) < 4.78 is 5.12. The lowest BCUT2D eigenvalue weighted by Gasteiger charge is -2.19. The molecule has 0 unspecified atom stereocenters. The number of rotatable bonds is 7. The first kappa shape index (κ1) is 16.0. The highest BCUT2D eigenvalue weighted by Crippen LogP contribution is 2.21. The Morgan fingerprint density at radius 3 is 2.64 bits per heavy atom. The van der Waals surface area contributed by atoms with Gasteiger partial charge >= 0.3 is 0 Å². The summed E-state index contributed by atoms with van der Waals surface area (Å²) in [5.74, 6) is 0.621. The normalized spacial score (nSPS) is 10.5. The molecular formula is C16H21N3O3. The molecule has 1 amide bonds. The number of amides is 1. The molecule has 0 radical (unpaired) electrons. The average Bonchev–Trinajstić information content (AvgIpc) is 3.04. The molecule has 0 saturated heterocycles. The van der Waals surface area contributed by atoms with Crippen LogP contribution in [0.3, 0.4) is 0 Å². The first-order valence-electron chi connectivity index (χ1n) is 7.29. The van der Waals surface area contributed by atoms with Gasteiger partial charge in [-0.25, -0.2) is 0 Å². The van der Waals surface area contributed by atoms with Crippen LogP contribution < -0.4 is 4.74 Å². The Morgan fingerprint density at radius 1 is 1.32 bits per heavy atom. The highest BCUT2D eigenvalue weighted by Gasteiger charge is 2.17. The number of aromatic nitrogens is 2. The van der Waals surface area contributed by atoms with Crippen molar-refractivity contribution in [2.75, 3.05) is 26.8 Å². The van der Waals surface area contributed by atoms with Crippen LogP contribution in [0.25, 0.3) is 11.3 Å². The zero-order chi connectivity index (χ0) is 15.9. The van der Waals surface area contributed by atoms with E-state index >= 15 is 0 Å². The molecule has 0 fully saturated rings. The third kappa shape index (κ3) is 3.65. The number of benzene rings is 1. The second-order valence-corrected chi connectivity index (χ2v) is 4.91. The van der Waals surface area contributed by atoms with E-state index in [1.165, 1.54) is 0 Å². The number of methoxy groups -OCH3 is 1. The quantitative estimate of drug-likeness (QED) is 0.819. The van der Waals surface area contributed by atoms with Crippen molar-refractivity contribution in [1.82, 2.24) is 15.1 Å². The molecule has 2 N–H and O–H groups in total. The van der Waals surface area contributed by atoms with Crippen LogP contribution in [0.4, 0.5) is 0 Å². The summed E-state index contributed by atoms with van der Waals surface area (Å²) in [5, 5.41) is 16.0. The number of hydrogen-bond donors (Lipinski definition) is 2. The minimum absolute atomic E-state index is 0.0504. The maximum atomic E-state index is 12.4. The second kappa shape index (κ2) is 7.61. The van der Waals surface area contributed by atoms with E-state index in [1.54, 1.807) is 18.1 Å². The Balaban J connectivity index is 2.17. The smallest absolute Gasteiger partial charge is 0.271 e. The number of nitrogens with one attached hydrogen (secondary N) is 1. The number of H-pyrrole nitrogens is 1. The van der Waals surface area contributed by atoms with Crippen LogP contribution in [-0.2, 0) is 0 Å². The summed E-state index contributed by atoms with van der Waals surface area (Å²) in [6, 6.07) is 9.20. The van der Waals surface area contributed by atoms with Gasteiger partial charge in [-0.1, -0.05) is 6.92 Å². The Bertz CT molecular complexity index is 601. The van der Waals surface area contributed by atoms with Crippen molar-refractivity contribution >= 4 is 5.91 Å². The van der Waals surface area contributed by atoms with Gasteiger partial charge in [0.2, 0.25) is 0 Å². The Hall–Kier alpha value is -2.34. The van der Waals surface area contributed by atoms with Crippen molar-refractivity contribution < 1.29 is 14.6 Å². The largest absolute Gasteiger partial charge is 0.497 e. The Morgan fingerprint density at radius 2 is 2.05 bits per heavy atom. The lowest BCUT2D eigenvalue weighted by molar-refractivity contribution is 0.0716. The molecule has 1 aromatic heterocycles. The van der Waals surface area contributed by atoms with E-state index in [0.717, 1.165) is 17.7 Å². The standard InChI is InChI=1S/C16H21N3O3/c1-3-8-19(9-10-20)16(21)15-11-14(17-18-15)12-4-6-13(22-2)7-5-12/h4-7,11,20H,3,8-10H2,1-2H3,(H,17,18). The first-order chi connectivity index (χ1) is 10.7. The van der Waals surface area contributed by atoms with Crippen LogP contribution in [0.15, 0.2) is 30.3 Å². The number of hydrogen-bond acceptors (Lipinski definition) is 4. The molecule has 6 heteroatoms. The first-order valence-corrected chi connectivity index (χ1v) is 7.29. The van der Waals surface area contributed by atoms with E-state index in [2.05, 4.69) is 10.2 Å². The van der Waals surface area contributed by atoms with Crippen molar-refractivity contribution in [3.05, 3.63) is 36.0 Å². The topological polar surface area (TPSA) is 78.4 Å². The third-order valence-corrected chi connectivity index (χ3v) is 3.34. The number of carbonyl (C=O) groups is 1. The van der Waals surface area contributed by atoms with Crippen LogP contribution >= 0.6 is 0 Å². The summed E-state index contributed by atoms with van der Waals surface area (Å²) >= 11 is 0. The van der Waals surface area contributed by atoms with Crippen molar-refractivity contribution in [2.45, 2.75) is 13.3 Å². The molecule has 22 heavy (non-hydrogen) atoms. The number of aliphatic hydroxyl groups excluding tert-OH is 1. The lowest BCUT2D eigenvalue weighted by atomic mass is 10.1. The summed E-state index contributed by atoms with van der Waals surface area (Å²) in [6.07, 6.45) is 0.839. The molecule has 1 heterocycles.